The summed E-state index contributed by atoms with van der Waals surface area (Å²) in [6.07, 6.45) is 0. The number of aromatic hydroxyl groups is 1. The lowest BCUT2D eigenvalue weighted by Crippen LogP contribution is -2.14. The maximum absolute atomic E-state index is 11.4. The van der Waals surface area contributed by atoms with Crippen LogP contribution < -0.4 is 5.14 Å². The molecule has 0 unspecified atom stereocenters. The summed E-state index contributed by atoms with van der Waals surface area (Å²) in [4.78, 5) is 10.6. The predicted octanol–water partition coefficient (Wildman–Crippen LogP) is 0.891. The Morgan fingerprint density at radius 3 is 2.22 bits per heavy atom. The second-order valence-electron chi connectivity index (χ2n) is 3.67. The molecule has 2 rings (SSSR count). The number of nitrogens with two attached hydrogens (primary N) is 1. The molecule has 0 atom stereocenters. The molecule has 0 aliphatic rings. The molecule has 0 spiro atoms. The molecule has 0 heterocycles. The van der Waals surface area contributed by atoms with E-state index in [9.17, 15) is 18.3 Å². The summed E-state index contributed by atoms with van der Waals surface area (Å²) in [7, 11) is -4.08. The zero-order valence-electron chi connectivity index (χ0n) is 8.99. The minimum absolute atomic E-state index is 0.126. The normalized spacial score (nSPS) is 11.6. The summed E-state index contributed by atoms with van der Waals surface area (Å²) >= 11 is 0. The van der Waals surface area contributed by atoms with Crippen LogP contribution in [0.3, 0.4) is 0 Å². The fraction of sp³-hybridized carbons (Fsp3) is 0. The SMILES string of the molecule is NS(=O)(=O)c1cc(C(=O)O)c(O)c2ccccc12. The number of aromatic carboxylic acids is 1. The number of rotatable bonds is 2. The van der Waals surface area contributed by atoms with Crippen molar-refractivity contribution >= 4 is 26.8 Å². The third-order valence-corrected chi connectivity index (χ3v) is 3.47. The average Bonchev–Trinajstić information content (AvgIpc) is 2.27. The van der Waals surface area contributed by atoms with Gasteiger partial charge in [-0.3, -0.25) is 0 Å². The lowest BCUT2D eigenvalue weighted by Gasteiger charge is -2.09. The first-order valence-corrected chi connectivity index (χ1v) is 6.38. The van der Waals surface area contributed by atoms with Gasteiger partial charge in [-0.1, -0.05) is 24.3 Å². The highest BCUT2D eigenvalue weighted by Crippen LogP contribution is 2.33. The van der Waals surface area contributed by atoms with Gasteiger partial charge in [0.15, 0.2) is 0 Å². The predicted molar refractivity (Wildman–Crippen MR) is 63.9 cm³/mol. The zero-order chi connectivity index (χ0) is 13.5. The molecular formula is C11H9NO5S. The van der Waals surface area contributed by atoms with Crippen LogP contribution in [0.15, 0.2) is 35.2 Å². The van der Waals surface area contributed by atoms with Crippen molar-refractivity contribution in [3.63, 3.8) is 0 Å². The van der Waals surface area contributed by atoms with Crippen molar-refractivity contribution in [2.24, 2.45) is 5.14 Å². The van der Waals surface area contributed by atoms with E-state index in [2.05, 4.69) is 0 Å². The van der Waals surface area contributed by atoms with Gasteiger partial charge in [-0.15, -0.1) is 0 Å². The van der Waals surface area contributed by atoms with E-state index in [1.54, 1.807) is 12.1 Å². The molecule has 0 aliphatic carbocycles. The van der Waals surface area contributed by atoms with Crippen LogP contribution in [-0.2, 0) is 10.0 Å². The molecule has 0 radical (unpaired) electrons. The van der Waals surface area contributed by atoms with Gasteiger partial charge >= 0.3 is 5.97 Å². The van der Waals surface area contributed by atoms with Crippen molar-refractivity contribution in [3.8, 4) is 5.75 Å². The summed E-state index contributed by atoms with van der Waals surface area (Å²) in [5.41, 5.74) is -0.502. The second kappa shape index (κ2) is 3.97. The largest absolute Gasteiger partial charge is 0.506 e. The molecular weight excluding hydrogens is 258 g/mol. The number of phenols is 1. The van der Waals surface area contributed by atoms with E-state index in [0.29, 0.717) is 0 Å². The van der Waals surface area contributed by atoms with Crippen LogP contribution in [-0.4, -0.2) is 24.6 Å². The number of benzene rings is 2. The van der Waals surface area contributed by atoms with Gasteiger partial charge in [-0.25, -0.2) is 18.4 Å². The number of carboxylic acid groups (broad SMARTS) is 1. The van der Waals surface area contributed by atoms with Gasteiger partial charge in [0, 0.05) is 10.8 Å². The van der Waals surface area contributed by atoms with Crippen molar-refractivity contribution in [2.75, 3.05) is 0 Å². The summed E-state index contributed by atoms with van der Waals surface area (Å²) in [6, 6.07) is 6.85. The van der Waals surface area contributed by atoms with Crippen molar-refractivity contribution in [3.05, 3.63) is 35.9 Å². The monoisotopic (exact) mass is 267 g/mol. The highest BCUT2D eigenvalue weighted by molar-refractivity contribution is 7.89. The average molecular weight is 267 g/mol. The molecule has 0 saturated carbocycles. The summed E-state index contributed by atoms with van der Waals surface area (Å²) in [6.45, 7) is 0. The molecule has 94 valence electrons. The molecule has 7 heteroatoms. The van der Waals surface area contributed by atoms with E-state index in [-0.39, 0.29) is 15.7 Å². The minimum atomic E-state index is -4.08. The number of fused-ring (bicyclic) bond motifs is 1. The smallest absolute Gasteiger partial charge is 0.339 e. The molecule has 0 saturated heterocycles. The Morgan fingerprint density at radius 2 is 1.72 bits per heavy atom. The van der Waals surface area contributed by atoms with Crippen molar-refractivity contribution in [2.45, 2.75) is 4.90 Å². The fourth-order valence-corrected chi connectivity index (χ4v) is 2.49. The van der Waals surface area contributed by atoms with Crippen LogP contribution in [0.25, 0.3) is 10.8 Å². The highest BCUT2D eigenvalue weighted by Gasteiger charge is 2.21. The molecule has 2 aromatic rings. The number of hydrogen-bond acceptors (Lipinski definition) is 4. The Kier molecular flexibility index (Phi) is 2.72. The second-order valence-corrected chi connectivity index (χ2v) is 5.20. The first-order chi connectivity index (χ1) is 8.32. The maximum atomic E-state index is 11.4. The fourth-order valence-electron chi connectivity index (χ4n) is 1.73. The van der Waals surface area contributed by atoms with E-state index < -0.39 is 27.3 Å². The molecule has 0 amide bonds. The van der Waals surface area contributed by atoms with E-state index in [4.69, 9.17) is 10.2 Å². The van der Waals surface area contributed by atoms with E-state index in [1.807, 2.05) is 0 Å². The standard InChI is InChI=1S/C11H9NO5S/c12-18(16,17)9-5-8(11(14)15)10(13)7-4-2-1-3-6(7)9/h1-5,13H,(H,14,15)(H2,12,16,17). The molecule has 6 nitrogen and oxygen atoms in total. The van der Waals surface area contributed by atoms with E-state index in [0.717, 1.165) is 6.07 Å². The Hall–Kier alpha value is -2.12. The first-order valence-electron chi connectivity index (χ1n) is 4.83. The number of hydrogen-bond donors (Lipinski definition) is 3. The van der Waals surface area contributed by atoms with Gasteiger partial charge < -0.3 is 10.2 Å². The molecule has 0 aliphatic heterocycles. The van der Waals surface area contributed by atoms with Crippen LogP contribution in [0.4, 0.5) is 0 Å². The van der Waals surface area contributed by atoms with Gasteiger partial charge in [0.25, 0.3) is 0 Å². The Balaban J connectivity index is 3.03. The third-order valence-electron chi connectivity index (χ3n) is 2.52. The number of sulfonamides is 1. The summed E-state index contributed by atoms with van der Waals surface area (Å²) < 4.78 is 22.9. The van der Waals surface area contributed by atoms with Crippen LogP contribution in [0.1, 0.15) is 10.4 Å². The van der Waals surface area contributed by atoms with Crippen LogP contribution in [0.5, 0.6) is 5.75 Å². The summed E-state index contributed by atoms with van der Waals surface area (Å²) in [5, 5.41) is 24.1. The summed E-state index contributed by atoms with van der Waals surface area (Å²) in [5.74, 6) is -1.91. The van der Waals surface area contributed by atoms with Crippen molar-refractivity contribution < 1.29 is 23.4 Å². The quantitative estimate of drug-likeness (QED) is 0.746. The number of primary sulfonamides is 1. The van der Waals surface area contributed by atoms with Gasteiger partial charge in [0.2, 0.25) is 10.0 Å². The molecule has 0 bridgehead atoms. The Bertz CT molecular complexity index is 751. The number of carbonyl (C=O) groups is 1. The van der Waals surface area contributed by atoms with Crippen LogP contribution >= 0.6 is 0 Å². The van der Waals surface area contributed by atoms with Crippen molar-refractivity contribution in [1.82, 2.24) is 0 Å². The van der Waals surface area contributed by atoms with Gasteiger partial charge in [-0.05, 0) is 6.07 Å². The molecule has 0 fully saturated rings. The Labute approximate surface area is 102 Å². The lowest BCUT2D eigenvalue weighted by molar-refractivity contribution is 0.0694. The third kappa shape index (κ3) is 1.89. The molecule has 2 aromatic carbocycles. The molecule has 18 heavy (non-hydrogen) atoms. The minimum Gasteiger partial charge on any atom is -0.506 e. The maximum Gasteiger partial charge on any atom is 0.339 e. The van der Waals surface area contributed by atoms with E-state index in [1.165, 1.54) is 12.1 Å². The number of carboxylic acids is 1. The first kappa shape index (κ1) is 12.3. The van der Waals surface area contributed by atoms with Gasteiger partial charge in [0.05, 0.1) is 4.90 Å². The highest BCUT2D eigenvalue weighted by atomic mass is 32.2. The van der Waals surface area contributed by atoms with Gasteiger partial charge in [0.1, 0.15) is 11.3 Å². The van der Waals surface area contributed by atoms with Gasteiger partial charge in [-0.2, -0.15) is 0 Å². The lowest BCUT2D eigenvalue weighted by atomic mass is 10.1. The van der Waals surface area contributed by atoms with Crippen LogP contribution in [0.2, 0.25) is 0 Å². The zero-order valence-corrected chi connectivity index (χ0v) is 9.81. The topological polar surface area (TPSA) is 118 Å². The Morgan fingerprint density at radius 1 is 1.17 bits per heavy atom. The molecule has 4 N–H and O–H groups in total. The van der Waals surface area contributed by atoms with Crippen molar-refractivity contribution in [1.29, 1.82) is 0 Å². The molecule has 0 aromatic heterocycles. The van der Waals surface area contributed by atoms with E-state index >= 15 is 0 Å². The van der Waals surface area contributed by atoms with Crippen LogP contribution in [0, 0.1) is 0 Å².